The SMILES string of the molecule is CN(CCC[C@H]1CCCO1)C(=O)Cn1ncc2ccccc21. The van der Waals surface area contributed by atoms with Crippen LogP contribution in [-0.4, -0.2) is 46.9 Å². The van der Waals surface area contributed by atoms with Gasteiger partial charge in [0.05, 0.1) is 17.8 Å². The number of rotatable bonds is 6. The summed E-state index contributed by atoms with van der Waals surface area (Å²) in [4.78, 5) is 14.1. The predicted molar refractivity (Wildman–Crippen MR) is 85.6 cm³/mol. The van der Waals surface area contributed by atoms with Gasteiger partial charge in [-0.3, -0.25) is 9.48 Å². The molecule has 5 nitrogen and oxygen atoms in total. The summed E-state index contributed by atoms with van der Waals surface area (Å²) in [5.74, 6) is 0.0983. The molecule has 3 rings (SSSR count). The van der Waals surface area contributed by atoms with Gasteiger partial charge in [-0.25, -0.2) is 0 Å². The Labute approximate surface area is 130 Å². The summed E-state index contributed by atoms with van der Waals surface area (Å²) in [6.07, 6.45) is 6.58. The van der Waals surface area contributed by atoms with Crippen LogP contribution in [0.3, 0.4) is 0 Å². The number of hydrogen-bond acceptors (Lipinski definition) is 3. The topological polar surface area (TPSA) is 47.4 Å². The third-order valence-corrected chi connectivity index (χ3v) is 4.31. The van der Waals surface area contributed by atoms with Crippen molar-refractivity contribution in [1.82, 2.24) is 14.7 Å². The van der Waals surface area contributed by atoms with E-state index in [-0.39, 0.29) is 5.91 Å². The second-order valence-electron chi connectivity index (χ2n) is 5.95. The number of carbonyl (C=O) groups is 1. The van der Waals surface area contributed by atoms with E-state index in [4.69, 9.17) is 4.74 Å². The highest BCUT2D eigenvalue weighted by atomic mass is 16.5. The maximum Gasteiger partial charge on any atom is 0.244 e. The maximum absolute atomic E-state index is 12.3. The first-order valence-corrected chi connectivity index (χ1v) is 8.00. The molecule has 22 heavy (non-hydrogen) atoms. The average Bonchev–Trinajstić information content (AvgIpc) is 3.17. The maximum atomic E-state index is 12.3. The minimum Gasteiger partial charge on any atom is -0.378 e. The van der Waals surface area contributed by atoms with Gasteiger partial charge < -0.3 is 9.64 Å². The minimum atomic E-state index is 0.0983. The third-order valence-electron chi connectivity index (χ3n) is 4.31. The minimum absolute atomic E-state index is 0.0983. The Hall–Kier alpha value is -1.88. The van der Waals surface area contributed by atoms with Gasteiger partial charge in [-0.1, -0.05) is 18.2 Å². The van der Waals surface area contributed by atoms with Crippen LogP contribution in [-0.2, 0) is 16.1 Å². The molecule has 1 aromatic heterocycles. The van der Waals surface area contributed by atoms with Crippen molar-refractivity contribution >= 4 is 16.8 Å². The molecule has 0 unspecified atom stereocenters. The van der Waals surface area contributed by atoms with Crippen molar-refractivity contribution in [1.29, 1.82) is 0 Å². The number of fused-ring (bicyclic) bond motifs is 1. The molecule has 1 aliphatic heterocycles. The summed E-state index contributed by atoms with van der Waals surface area (Å²) >= 11 is 0. The number of likely N-dealkylation sites (N-methyl/N-ethyl adjacent to an activating group) is 1. The summed E-state index contributed by atoms with van der Waals surface area (Å²) in [5.41, 5.74) is 1.00. The second kappa shape index (κ2) is 6.92. The molecule has 0 N–H and O–H groups in total. The van der Waals surface area contributed by atoms with Crippen molar-refractivity contribution in [3.63, 3.8) is 0 Å². The molecule has 1 fully saturated rings. The lowest BCUT2D eigenvalue weighted by atomic mass is 10.1. The van der Waals surface area contributed by atoms with Gasteiger partial charge in [-0.15, -0.1) is 0 Å². The standard InChI is InChI=1S/C17H23N3O2/c1-19(10-4-7-15-8-5-11-22-15)17(21)13-20-16-9-3-2-6-14(16)12-18-20/h2-3,6,9,12,15H,4-5,7-8,10-11,13H2,1H3/t15-/m0/s1. The number of para-hydroxylation sites is 1. The molecule has 0 saturated carbocycles. The lowest BCUT2D eigenvalue weighted by Crippen LogP contribution is -2.31. The van der Waals surface area contributed by atoms with Crippen LogP contribution in [0, 0.1) is 0 Å². The second-order valence-corrected chi connectivity index (χ2v) is 5.95. The number of hydrogen-bond donors (Lipinski definition) is 0. The van der Waals surface area contributed by atoms with Gasteiger partial charge in [-0.2, -0.15) is 5.10 Å². The fourth-order valence-corrected chi connectivity index (χ4v) is 2.95. The van der Waals surface area contributed by atoms with Crippen LogP contribution in [0.4, 0.5) is 0 Å². The Balaban J connectivity index is 1.50. The molecule has 2 heterocycles. The molecule has 0 radical (unpaired) electrons. The highest BCUT2D eigenvalue weighted by molar-refractivity contribution is 5.81. The Kier molecular flexibility index (Phi) is 4.73. The van der Waals surface area contributed by atoms with E-state index in [1.807, 2.05) is 31.3 Å². The number of amides is 1. The highest BCUT2D eigenvalue weighted by Gasteiger charge is 2.16. The van der Waals surface area contributed by atoms with E-state index in [1.165, 1.54) is 6.42 Å². The molecule has 118 valence electrons. The van der Waals surface area contributed by atoms with Crippen LogP contribution >= 0.6 is 0 Å². The van der Waals surface area contributed by atoms with Crippen molar-refractivity contribution in [3.05, 3.63) is 30.5 Å². The van der Waals surface area contributed by atoms with Crippen molar-refractivity contribution in [2.75, 3.05) is 20.2 Å². The van der Waals surface area contributed by atoms with Gasteiger partial charge in [0.25, 0.3) is 0 Å². The zero-order chi connectivity index (χ0) is 15.4. The highest BCUT2D eigenvalue weighted by Crippen LogP contribution is 2.17. The quantitative estimate of drug-likeness (QED) is 0.823. The summed E-state index contributed by atoms with van der Waals surface area (Å²) < 4.78 is 7.38. The first kappa shape index (κ1) is 15.0. The molecule has 0 spiro atoms. The van der Waals surface area contributed by atoms with Crippen LogP contribution in [0.15, 0.2) is 30.5 Å². The van der Waals surface area contributed by atoms with Crippen LogP contribution in [0.2, 0.25) is 0 Å². The fraction of sp³-hybridized carbons (Fsp3) is 0.529. The van der Waals surface area contributed by atoms with E-state index in [2.05, 4.69) is 5.10 Å². The molecular formula is C17H23N3O2. The van der Waals surface area contributed by atoms with Crippen molar-refractivity contribution < 1.29 is 9.53 Å². The van der Waals surface area contributed by atoms with E-state index >= 15 is 0 Å². The number of nitrogens with zero attached hydrogens (tertiary/aromatic N) is 3. The molecular weight excluding hydrogens is 278 g/mol. The van der Waals surface area contributed by atoms with Crippen molar-refractivity contribution in [3.8, 4) is 0 Å². The fourth-order valence-electron chi connectivity index (χ4n) is 2.95. The zero-order valence-electron chi connectivity index (χ0n) is 13.1. The Morgan fingerprint density at radius 3 is 3.14 bits per heavy atom. The lowest BCUT2D eigenvalue weighted by Gasteiger charge is -2.18. The molecule has 1 aliphatic rings. The monoisotopic (exact) mass is 301 g/mol. The summed E-state index contributed by atoms with van der Waals surface area (Å²) in [6, 6.07) is 7.95. The van der Waals surface area contributed by atoms with Crippen molar-refractivity contribution in [2.45, 2.75) is 38.3 Å². The number of ether oxygens (including phenoxy) is 1. The van der Waals surface area contributed by atoms with E-state index in [9.17, 15) is 4.79 Å². The molecule has 2 aromatic rings. The smallest absolute Gasteiger partial charge is 0.244 e. The van der Waals surface area contributed by atoms with E-state index < -0.39 is 0 Å². The van der Waals surface area contributed by atoms with Crippen molar-refractivity contribution in [2.24, 2.45) is 0 Å². The number of aromatic nitrogens is 2. The third kappa shape index (κ3) is 3.47. The Morgan fingerprint density at radius 2 is 2.32 bits per heavy atom. The number of carbonyl (C=O) groups excluding carboxylic acids is 1. The van der Waals surface area contributed by atoms with Gasteiger partial charge in [0.15, 0.2) is 0 Å². The Morgan fingerprint density at radius 1 is 1.45 bits per heavy atom. The van der Waals surface area contributed by atoms with Gasteiger partial charge in [0.2, 0.25) is 5.91 Å². The van der Waals surface area contributed by atoms with Gasteiger partial charge in [-0.05, 0) is 31.7 Å². The molecule has 1 aromatic carbocycles. The van der Waals surface area contributed by atoms with E-state index in [1.54, 1.807) is 15.8 Å². The normalized spacial score (nSPS) is 18.0. The molecule has 1 atom stereocenters. The summed E-state index contributed by atoms with van der Waals surface area (Å²) in [5, 5.41) is 5.38. The lowest BCUT2D eigenvalue weighted by molar-refractivity contribution is -0.130. The van der Waals surface area contributed by atoms with Crippen LogP contribution in [0.1, 0.15) is 25.7 Å². The average molecular weight is 301 g/mol. The van der Waals surface area contributed by atoms with E-state index in [0.29, 0.717) is 12.6 Å². The van der Waals surface area contributed by atoms with Crippen LogP contribution in [0.5, 0.6) is 0 Å². The van der Waals surface area contributed by atoms with Crippen LogP contribution in [0.25, 0.3) is 10.9 Å². The van der Waals surface area contributed by atoms with Gasteiger partial charge in [0, 0.05) is 25.6 Å². The first-order chi connectivity index (χ1) is 10.7. The van der Waals surface area contributed by atoms with Gasteiger partial charge in [0.1, 0.15) is 6.54 Å². The molecule has 1 amide bonds. The van der Waals surface area contributed by atoms with Gasteiger partial charge >= 0.3 is 0 Å². The molecule has 0 aliphatic carbocycles. The molecule has 1 saturated heterocycles. The zero-order valence-corrected chi connectivity index (χ0v) is 13.1. The number of benzene rings is 1. The summed E-state index contributed by atoms with van der Waals surface area (Å²) in [7, 11) is 1.86. The van der Waals surface area contributed by atoms with Crippen LogP contribution < -0.4 is 0 Å². The molecule has 5 heteroatoms. The Bertz CT molecular complexity index is 632. The van der Waals surface area contributed by atoms with E-state index in [0.717, 1.165) is 43.3 Å². The largest absolute Gasteiger partial charge is 0.378 e. The summed E-state index contributed by atoms with van der Waals surface area (Å²) in [6.45, 7) is 1.97. The first-order valence-electron chi connectivity index (χ1n) is 8.00. The molecule has 0 bridgehead atoms. The predicted octanol–water partition coefficient (Wildman–Crippen LogP) is 2.45.